The summed E-state index contributed by atoms with van der Waals surface area (Å²) in [6.07, 6.45) is 6.38. The normalized spacial score (nSPS) is 19.4. The van der Waals surface area contributed by atoms with Gasteiger partial charge in [-0.1, -0.05) is 12.8 Å². The zero-order chi connectivity index (χ0) is 12.7. The molecule has 0 unspecified atom stereocenters. The van der Waals surface area contributed by atoms with E-state index in [1.807, 2.05) is 0 Å². The highest BCUT2D eigenvalue weighted by Crippen LogP contribution is 2.38. The average Bonchev–Trinajstić information content (AvgIpc) is 2.73. The number of rotatable bonds is 8. The van der Waals surface area contributed by atoms with Gasteiger partial charge in [-0.25, -0.2) is 0 Å². The Morgan fingerprint density at radius 2 is 1.94 bits per heavy atom. The minimum absolute atomic E-state index is 0.308. The number of nitrogens with zero attached hydrogens (tertiary/aromatic N) is 1. The van der Waals surface area contributed by atoms with Gasteiger partial charge in [-0.05, 0) is 45.6 Å². The van der Waals surface area contributed by atoms with Crippen molar-refractivity contribution < 1.29 is 5.11 Å². The monoisotopic (exact) mass is 242 g/mol. The average molecular weight is 242 g/mol. The molecule has 0 aliphatic heterocycles. The molecule has 0 aromatic heterocycles. The number of hydrogen-bond donors (Lipinski definition) is 2. The summed E-state index contributed by atoms with van der Waals surface area (Å²) in [5.74, 6) is 0. The minimum Gasteiger partial charge on any atom is -0.396 e. The third-order valence-electron chi connectivity index (χ3n) is 4.09. The second-order valence-electron chi connectivity index (χ2n) is 5.88. The van der Waals surface area contributed by atoms with Crippen LogP contribution in [0.1, 0.15) is 46.0 Å². The van der Waals surface area contributed by atoms with Crippen LogP contribution in [-0.4, -0.2) is 49.3 Å². The van der Waals surface area contributed by atoms with Crippen LogP contribution in [0.15, 0.2) is 0 Å². The van der Waals surface area contributed by atoms with Gasteiger partial charge in [0.05, 0.1) is 0 Å². The van der Waals surface area contributed by atoms with Gasteiger partial charge in [-0.3, -0.25) is 0 Å². The van der Waals surface area contributed by atoms with Crippen molar-refractivity contribution in [1.82, 2.24) is 10.2 Å². The molecule has 2 N–H and O–H groups in total. The van der Waals surface area contributed by atoms with Gasteiger partial charge in [0, 0.05) is 32.3 Å². The second kappa shape index (κ2) is 7.34. The molecule has 102 valence electrons. The SMILES string of the molecule is CNCC1(CN(CCCO)C(C)C)CCCC1. The van der Waals surface area contributed by atoms with Gasteiger partial charge in [0.25, 0.3) is 0 Å². The van der Waals surface area contributed by atoms with Gasteiger partial charge in [0.15, 0.2) is 0 Å². The molecule has 1 saturated carbocycles. The Morgan fingerprint density at radius 1 is 1.29 bits per heavy atom. The van der Waals surface area contributed by atoms with Gasteiger partial charge in [-0.15, -0.1) is 0 Å². The lowest BCUT2D eigenvalue weighted by Crippen LogP contribution is -2.45. The molecule has 0 radical (unpaired) electrons. The van der Waals surface area contributed by atoms with Crippen LogP contribution in [-0.2, 0) is 0 Å². The van der Waals surface area contributed by atoms with Crippen LogP contribution in [0.2, 0.25) is 0 Å². The van der Waals surface area contributed by atoms with Gasteiger partial charge >= 0.3 is 0 Å². The predicted octanol–water partition coefficient (Wildman–Crippen LogP) is 1.86. The van der Waals surface area contributed by atoms with Gasteiger partial charge < -0.3 is 15.3 Å². The highest BCUT2D eigenvalue weighted by Gasteiger charge is 2.35. The summed E-state index contributed by atoms with van der Waals surface area (Å²) in [5.41, 5.74) is 0.481. The van der Waals surface area contributed by atoms with Gasteiger partial charge in [0.1, 0.15) is 0 Å². The molecule has 0 saturated heterocycles. The number of nitrogens with one attached hydrogen (secondary N) is 1. The smallest absolute Gasteiger partial charge is 0.0443 e. The Bertz CT molecular complexity index is 200. The first-order valence-electron chi connectivity index (χ1n) is 7.13. The largest absolute Gasteiger partial charge is 0.396 e. The highest BCUT2D eigenvalue weighted by atomic mass is 16.3. The van der Waals surface area contributed by atoms with Gasteiger partial charge in [-0.2, -0.15) is 0 Å². The Balaban J connectivity index is 2.55. The second-order valence-corrected chi connectivity index (χ2v) is 5.88. The molecule has 0 amide bonds. The maximum absolute atomic E-state index is 8.99. The van der Waals surface area contributed by atoms with E-state index >= 15 is 0 Å². The Hall–Kier alpha value is -0.120. The Labute approximate surface area is 107 Å². The summed E-state index contributed by atoms with van der Waals surface area (Å²) < 4.78 is 0. The summed E-state index contributed by atoms with van der Waals surface area (Å²) in [5, 5.41) is 12.4. The van der Waals surface area contributed by atoms with Crippen LogP contribution in [0.5, 0.6) is 0 Å². The van der Waals surface area contributed by atoms with Crippen LogP contribution < -0.4 is 5.32 Å². The van der Waals surface area contributed by atoms with Crippen LogP contribution in [0, 0.1) is 5.41 Å². The molecule has 1 aliphatic carbocycles. The van der Waals surface area contributed by atoms with E-state index in [0.717, 1.165) is 19.5 Å². The van der Waals surface area contributed by atoms with Crippen molar-refractivity contribution >= 4 is 0 Å². The molecular weight excluding hydrogens is 212 g/mol. The first-order valence-corrected chi connectivity index (χ1v) is 7.13. The molecular formula is C14H30N2O. The third-order valence-corrected chi connectivity index (χ3v) is 4.09. The van der Waals surface area contributed by atoms with Crippen molar-refractivity contribution in [1.29, 1.82) is 0 Å². The highest BCUT2D eigenvalue weighted by molar-refractivity contribution is 4.89. The van der Waals surface area contributed by atoms with Crippen LogP contribution in [0.3, 0.4) is 0 Å². The van der Waals surface area contributed by atoms with E-state index in [1.165, 1.54) is 32.2 Å². The van der Waals surface area contributed by atoms with E-state index in [9.17, 15) is 0 Å². The molecule has 1 aliphatic rings. The number of aliphatic hydroxyl groups is 1. The fourth-order valence-corrected chi connectivity index (χ4v) is 3.12. The molecule has 0 spiro atoms. The lowest BCUT2D eigenvalue weighted by atomic mass is 9.85. The predicted molar refractivity (Wildman–Crippen MR) is 73.2 cm³/mol. The first kappa shape index (κ1) is 14.9. The Morgan fingerprint density at radius 3 is 2.41 bits per heavy atom. The van der Waals surface area contributed by atoms with E-state index < -0.39 is 0 Å². The summed E-state index contributed by atoms with van der Waals surface area (Å²) in [7, 11) is 2.06. The standard InChI is InChI=1S/C14H30N2O/c1-13(2)16(9-6-10-17)12-14(11-15-3)7-4-5-8-14/h13,15,17H,4-12H2,1-3H3. The zero-order valence-electron chi connectivity index (χ0n) is 11.8. The maximum Gasteiger partial charge on any atom is 0.0443 e. The van der Waals surface area contributed by atoms with Crippen molar-refractivity contribution in [3.05, 3.63) is 0 Å². The molecule has 0 aromatic carbocycles. The van der Waals surface area contributed by atoms with Crippen LogP contribution in [0.4, 0.5) is 0 Å². The molecule has 1 rings (SSSR count). The molecule has 3 nitrogen and oxygen atoms in total. The molecule has 0 atom stereocenters. The first-order chi connectivity index (χ1) is 8.13. The zero-order valence-corrected chi connectivity index (χ0v) is 11.8. The lowest BCUT2D eigenvalue weighted by Gasteiger charge is -2.37. The summed E-state index contributed by atoms with van der Waals surface area (Å²) >= 11 is 0. The topological polar surface area (TPSA) is 35.5 Å². The third kappa shape index (κ3) is 4.57. The fraction of sp³-hybridized carbons (Fsp3) is 1.00. The van der Waals surface area contributed by atoms with Crippen molar-refractivity contribution in [3.8, 4) is 0 Å². The summed E-state index contributed by atoms with van der Waals surface area (Å²) in [6, 6.07) is 0.580. The number of aliphatic hydroxyl groups excluding tert-OH is 1. The summed E-state index contributed by atoms with van der Waals surface area (Å²) in [6.45, 7) is 8.18. The van der Waals surface area contributed by atoms with Gasteiger partial charge in [0.2, 0.25) is 0 Å². The van der Waals surface area contributed by atoms with Crippen molar-refractivity contribution in [2.75, 3.05) is 33.3 Å². The quantitative estimate of drug-likeness (QED) is 0.682. The fourth-order valence-electron chi connectivity index (χ4n) is 3.12. The van der Waals surface area contributed by atoms with Crippen LogP contribution >= 0.6 is 0 Å². The molecule has 3 heteroatoms. The van der Waals surface area contributed by atoms with E-state index in [4.69, 9.17) is 5.11 Å². The van der Waals surface area contributed by atoms with E-state index in [0.29, 0.717) is 18.1 Å². The Kier molecular flexibility index (Phi) is 6.45. The van der Waals surface area contributed by atoms with E-state index in [1.54, 1.807) is 0 Å². The maximum atomic E-state index is 8.99. The molecule has 0 bridgehead atoms. The van der Waals surface area contributed by atoms with Crippen LogP contribution in [0.25, 0.3) is 0 Å². The van der Waals surface area contributed by atoms with Crippen molar-refractivity contribution in [2.45, 2.75) is 52.0 Å². The molecule has 0 aromatic rings. The van der Waals surface area contributed by atoms with E-state index in [2.05, 4.69) is 31.1 Å². The number of hydrogen-bond acceptors (Lipinski definition) is 3. The van der Waals surface area contributed by atoms with E-state index in [-0.39, 0.29) is 0 Å². The lowest BCUT2D eigenvalue weighted by molar-refractivity contribution is 0.114. The molecule has 17 heavy (non-hydrogen) atoms. The van der Waals surface area contributed by atoms with Crippen molar-refractivity contribution in [3.63, 3.8) is 0 Å². The molecule has 0 heterocycles. The summed E-state index contributed by atoms with van der Waals surface area (Å²) in [4.78, 5) is 2.54. The van der Waals surface area contributed by atoms with Crippen molar-refractivity contribution in [2.24, 2.45) is 5.41 Å². The minimum atomic E-state index is 0.308. The molecule has 1 fully saturated rings.